The van der Waals surface area contributed by atoms with Crippen molar-refractivity contribution in [3.8, 4) is 5.69 Å². The van der Waals surface area contributed by atoms with Crippen LogP contribution in [0.3, 0.4) is 0 Å². The lowest BCUT2D eigenvalue weighted by atomic mass is 10.2. The van der Waals surface area contributed by atoms with Gasteiger partial charge < -0.3 is 5.32 Å². The van der Waals surface area contributed by atoms with Crippen LogP contribution in [-0.2, 0) is 6.54 Å². The molecule has 3 aromatic rings. The van der Waals surface area contributed by atoms with Crippen LogP contribution < -0.4 is 5.32 Å². The molecule has 22 heavy (non-hydrogen) atoms. The van der Waals surface area contributed by atoms with E-state index < -0.39 is 0 Å². The van der Waals surface area contributed by atoms with Gasteiger partial charge in [-0.25, -0.2) is 4.68 Å². The van der Waals surface area contributed by atoms with E-state index in [1.807, 2.05) is 54.6 Å². The van der Waals surface area contributed by atoms with Crippen molar-refractivity contribution in [2.24, 2.45) is 0 Å². The summed E-state index contributed by atoms with van der Waals surface area (Å²) in [6.45, 7) is 0.460. The molecule has 0 bridgehead atoms. The van der Waals surface area contributed by atoms with Gasteiger partial charge in [0.2, 0.25) is 0 Å². The molecule has 1 amide bonds. The maximum Gasteiger partial charge on any atom is 0.273 e. The summed E-state index contributed by atoms with van der Waals surface area (Å²) in [6, 6.07) is 17.3. The third-order valence-corrected chi connectivity index (χ3v) is 3.79. The molecule has 110 valence electrons. The maximum absolute atomic E-state index is 12.1. The molecular weight excluding hydrogens is 344 g/mol. The van der Waals surface area contributed by atoms with Crippen LogP contribution in [0.4, 0.5) is 0 Å². The van der Waals surface area contributed by atoms with Gasteiger partial charge in [-0.3, -0.25) is 4.79 Å². The van der Waals surface area contributed by atoms with E-state index in [9.17, 15) is 4.79 Å². The number of aromatic nitrogens is 3. The fraction of sp³-hybridized carbons (Fsp3) is 0.0625. The van der Waals surface area contributed by atoms with Crippen molar-refractivity contribution in [1.29, 1.82) is 0 Å². The highest BCUT2D eigenvalue weighted by Gasteiger charge is 2.12. The smallest absolute Gasteiger partial charge is 0.273 e. The Balaban J connectivity index is 1.71. The summed E-state index contributed by atoms with van der Waals surface area (Å²) < 4.78 is 2.46. The van der Waals surface area contributed by atoms with E-state index in [0.717, 1.165) is 15.7 Å². The van der Waals surface area contributed by atoms with Crippen LogP contribution in [0.1, 0.15) is 16.1 Å². The number of amides is 1. The highest BCUT2D eigenvalue weighted by atomic mass is 79.9. The molecule has 3 rings (SSSR count). The van der Waals surface area contributed by atoms with Crippen LogP contribution in [-0.4, -0.2) is 20.9 Å². The number of hydrogen-bond acceptors (Lipinski definition) is 3. The van der Waals surface area contributed by atoms with Gasteiger partial charge in [0.25, 0.3) is 5.91 Å². The number of carbonyl (C=O) groups is 1. The molecule has 1 aromatic heterocycles. The molecule has 2 aromatic carbocycles. The first-order valence-corrected chi connectivity index (χ1v) is 7.53. The van der Waals surface area contributed by atoms with Crippen molar-refractivity contribution in [2.45, 2.75) is 6.54 Å². The first kappa shape index (κ1) is 14.5. The van der Waals surface area contributed by atoms with E-state index in [2.05, 4.69) is 31.6 Å². The Morgan fingerprint density at radius 1 is 1.09 bits per heavy atom. The Morgan fingerprint density at radius 2 is 1.82 bits per heavy atom. The van der Waals surface area contributed by atoms with Gasteiger partial charge in [0, 0.05) is 11.0 Å². The zero-order chi connectivity index (χ0) is 15.4. The largest absolute Gasteiger partial charge is 0.347 e. The molecule has 0 aliphatic heterocycles. The molecular formula is C16H13BrN4O. The number of rotatable bonds is 4. The lowest BCUT2D eigenvalue weighted by Crippen LogP contribution is -2.23. The van der Waals surface area contributed by atoms with E-state index in [4.69, 9.17) is 0 Å². The van der Waals surface area contributed by atoms with Gasteiger partial charge in [-0.05, 0) is 33.6 Å². The number of para-hydroxylation sites is 1. The van der Waals surface area contributed by atoms with E-state index in [0.29, 0.717) is 6.54 Å². The summed E-state index contributed by atoms with van der Waals surface area (Å²) in [5.41, 5.74) is 2.15. The number of nitrogens with one attached hydrogen (secondary N) is 1. The van der Waals surface area contributed by atoms with E-state index in [-0.39, 0.29) is 11.6 Å². The molecule has 0 spiro atoms. The number of hydrogen-bond donors (Lipinski definition) is 1. The number of nitrogens with zero attached hydrogens (tertiary/aromatic N) is 3. The first-order chi connectivity index (χ1) is 10.7. The molecule has 1 N–H and O–H groups in total. The van der Waals surface area contributed by atoms with Crippen molar-refractivity contribution in [1.82, 2.24) is 20.3 Å². The summed E-state index contributed by atoms with van der Waals surface area (Å²) in [6.07, 6.45) is 1.61. The SMILES string of the molecule is O=C(NCc1ccccc1)c1cn(-c2ccccc2Br)nn1. The molecule has 0 radical (unpaired) electrons. The van der Waals surface area contributed by atoms with Crippen molar-refractivity contribution in [3.63, 3.8) is 0 Å². The number of carbonyl (C=O) groups excluding carboxylic acids is 1. The molecule has 6 heteroatoms. The molecule has 0 saturated carbocycles. The minimum Gasteiger partial charge on any atom is -0.347 e. The first-order valence-electron chi connectivity index (χ1n) is 6.73. The van der Waals surface area contributed by atoms with Crippen LogP contribution in [0.5, 0.6) is 0 Å². The minimum absolute atomic E-state index is 0.248. The summed E-state index contributed by atoms with van der Waals surface area (Å²) in [5.74, 6) is -0.248. The fourth-order valence-electron chi connectivity index (χ4n) is 1.99. The Labute approximate surface area is 136 Å². The molecule has 0 atom stereocenters. The van der Waals surface area contributed by atoms with E-state index in [1.54, 1.807) is 10.9 Å². The van der Waals surface area contributed by atoms with Crippen LogP contribution in [0.15, 0.2) is 65.3 Å². The Bertz CT molecular complexity index is 786. The van der Waals surface area contributed by atoms with Gasteiger partial charge >= 0.3 is 0 Å². The highest BCUT2D eigenvalue weighted by molar-refractivity contribution is 9.10. The zero-order valence-corrected chi connectivity index (χ0v) is 13.2. The van der Waals surface area contributed by atoms with Crippen LogP contribution in [0.2, 0.25) is 0 Å². The predicted octanol–water partition coefficient (Wildman–Crippen LogP) is 2.96. The van der Waals surface area contributed by atoms with Crippen molar-refractivity contribution in [3.05, 3.63) is 76.5 Å². The van der Waals surface area contributed by atoms with Gasteiger partial charge in [0.1, 0.15) is 0 Å². The fourth-order valence-corrected chi connectivity index (χ4v) is 2.46. The topological polar surface area (TPSA) is 59.8 Å². The average molecular weight is 357 g/mol. The van der Waals surface area contributed by atoms with Crippen molar-refractivity contribution in [2.75, 3.05) is 0 Å². The molecule has 0 aliphatic rings. The summed E-state index contributed by atoms with van der Waals surface area (Å²) in [7, 11) is 0. The zero-order valence-electron chi connectivity index (χ0n) is 11.6. The quantitative estimate of drug-likeness (QED) is 0.781. The van der Waals surface area contributed by atoms with Gasteiger partial charge in [-0.1, -0.05) is 47.7 Å². The average Bonchev–Trinajstić information content (AvgIpc) is 3.04. The van der Waals surface area contributed by atoms with Crippen LogP contribution >= 0.6 is 15.9 Å². The number of benzene rings is 2. The second-order valence-corrected chi connectivity index (χ2v) is 5.52. The predicted molar refractivity (Wildman–Crippen MR) is 86.7 cm³/mol. The molecule has 1 heterocycles. The minimum atomic E-state index is -0.248. The monoisotopic (exact) mass is 356 g/mol. The van der Waals surface area contributed by atoms with E-state index in [1.165, 1.54) is 0 Å². The Morgan fingerprint density at radius 3 is 2.59 bits per heavy atom. The van der Waals surface area contributed by atoms with Crippen LogP contribution in [0.25, 0.3) is 5.69 Å². The second-order valence-electron chi connectivity index (χ2n) is 4.67. The standard InChI is InChI=1S/C16H13BrN4O/c17-13-8-4-5-9-15(13)21-11-14(19-20-21)16(22)18-10-12-6-2-1-3-7-12/h1-9,11H,10H2,(H,18,22). The Kier molecular flexibility index (Phi) is 4.29. The Hall–Kier alpha value is -2.47. The van der Waals surface area contributed by atoms with Gasteiger partial charge in [-0.15, -0.1) is 5.10 Å². The number of halogens is 1. The summed E-state index contributed by atoms with van der Waals surface area (Å²) in [5, 5.41) is 10.8. The van der Waals surface area contributed by atoms with Gasteiger partial charge in [0.15, 0.2) is 5.69 Å². The molecule has 0 fully saturated rings. The molecule has 5 nitrogen and oxygen atoms in total. The van der Waals surface area contributed by atoms with Crippen LogP contribution in [0, 0.1) is 0 Å². The highest BCUT2D eigenvalue weighted by Crippen LogP contribution is 2.19. The normalized spacial score (nSPS) is 10.4. The summed E-state index contributed by atoms with van der Waals surface area (Å²) in [4.78, 5) is 12.1. The van der Waals surface area contributed by atoms with Gasteiger partial charge in [-0.2, -0.15) is 0 Å². The molecule has 0 unspecified atom stereocenters. The lowest BCUT2D eigenvalue weighted by molar-refractivity contribution is 0.0946. The van der Waals surface area contributed by atoms with Crippen molar-refractivity contribution < 1.29 is 4.79 Å². The van der Waals surface area contributed by atoms with Gasteiger partial charge in [0.05, 0.1) is 11.9 Å². The maximum atomic E-state index is 12.1. The molecule has 0 saturated heterocycles. The second kappa shape index (κ2) is 6.53. The third-order valence-electron chi connectivity index (χ3n) is 3.12. The summed E-state index contributed by atoms with van der Waals surface area (Å²) >= 11 is 3.45. The van der Waals surface area contributed by atoms with Crippen molar-refractivity contribution >= 4 is 21.8 Å². The molecule has 0 aliphatic carbocycles. The lowest BCUT2D eigenvalue weighted by Gasteiger charge is -2.03. The van der Waals surface area contributed by atoms with E-state index >= 15 is 0 Å². The third kappa shape index (κ3) is 3.23.